The number of likely N-dealkylation sites (N-methyl/N-ethyl adjacent to an activating group) is 1. The lowest BCUT2D eigenvalue weighted by atomic mass is 10.0. The molecule has 0 saturated carbocycles. The SMILES string of the molecule is CC/C=C\C/C=C\C/C=C\C/C=C\C/C=C\C/C=C\C/C=C\CCCCCCCCCCCCCCCCCC(=O)OC(COC(=O)CCCCCCCCCCCCCCCC)COP(=O)(O)OCC[N+](C)(C)C. The molecule has 0 radical (unpaired) electrons. The Balaban J connectivity index is 4.01. The first-order chi connectivity index (χ1) is 36.5. The maximum atomic E-state index is 12.8. The summed E-state index contributed by atoms with van der Waals surface area (Å²) in [6.07, 6.45) is 75.2. The lowest BCUT2D eigenvalue weighted by Gasteiger charge is -2.24. The third kappa shape index (κ3) is 60.3. The Morgan fingerprint density at radius 2 is 0.760 bits per heavy atom. The fourth-order valence-corrected chi connectivity index (χ4v) is 9.21. The Labute approximate surface area is 462 Å². The summed E-state index contributed by atoms with van der Waals surface area (Å²) in [6.45, 7) is 4.34. The Bertz CT molecular complexity index is 1540. The highest BCUT2D eigenvalue weighted by Crippen LogP contribution is 2.43. The van der Waals surface area contributed by atoms with Crippen LogP contribution in [-0.2, 0) is 32.7 Å². The predicted molar refractivity (Wildman–Crippen MR) is 321 cm³/mol. The Kier molecular flexibility index (Phi) is 53.8. The molecule has 0 saturated heterocycles. The van der Waals surface area contributed by atoms with Crippen LogP contribution in [0.15, 0.2) is 85.1 Å². The number of unbranched alkanes of at least 4 members (excludes halogenated alkanes) is 28. The van der Waals surface area contributed by atoms with Crippen LogP contribution in [0.3, 0.4) is 0 Å². The number of nitrogens with zero attached hydrogens (tertiary/aromatic N) is 1. The van der Waals surface area contributed by atoms with Crippen molar-refractivity contribution in [3.63, 3.8) is 0 Å². The normalized spacial score (nSPS) is 13.8. The van der Waals surface area contributed by atoms with Gasteiger partial charge in [0.25, 0.3) is 0 Å². The molecular weight excluding hydrogens is 954 g/mol. The average molecular weight is 1070 g/mol. The first kappa shape index (κ1) is 72.2. The molecule has 0 spiro atoms. The lowest BCUT2D eigenvalue weighted by molar-refractivity contribution is -0.870. The van der Waals surface area contributed by atoms with E-state index in [0.29, 0.717) is 23.9 Å². The molecule has 0 heterocycles. The molecule has 1 N–H and O–H groups in total. The van der Waals surface area contributed by atoms with Crippen LogP contribution in [0.1, 0.15) is 264 Å². The van der Waals surface area contributed by atoms with Crippen molar-refractivity contribution < 1.29 is 42.1 Å². The van der Waals surface area contributed by atoms with Gasteiger partial charge in [0.05, 0.1) is 27.7 Å². The van der Waals surface area contributed by atoms with Crippen molar-refractivity contribution in [2.75, 3.05) is 47.5 Å². The third-order valence-corrected chi connectivity index (χ3v) is 14.2. The van der Waals surface area contributed by atoms with Gasteiger partial charge in [0.15, 0.2) is 6.10 Å². The topological polar surface area (TPSA) is 108 Å². The predicted octanol–water partition coefficient (Wildman–Crippen LogP) is 19.4. The molecule has 0 aliphatic heterocycles. The molecule has 75 heavy (non-hydrogen) atoms. The highest BCUT2D eigenvalue weighted by Gasteiger charge is 2.27. The maximum absolute atomic E-state index is 12.8. The Morgan fingerprint density at radius 1 is 0.427 bits per heavy atom. The minimum Gasteiger partial charge on any atom is -0.462 e. The first-order valence-corrected chi connectivity index (χ1v) is 32.3. The standard InChI is InChI=1S/C65H116NO8P/c1-6-8-10-12-14-16-18-20-22-23-24-25-26-27-28-29-30-31-32-33-34-35-36-37-38-39-40-41-42-43-44-46-48-50-52-54-56-58-65(68)74-63(62-73-75(69,70)72-60-59-66(3,4)5)61-71-64(67)57-55-53-51-49-47-45-21-19-17-15-13-11-9-7-2/h8,10,14,16,20,22,24-25,27-28,30-31,33-34,63H,6-7,9,11-13,15,17-19,21,23,26,29,32,35-62H2,1-5H3/p+1/b10-8-,16-14-,22-20-,25-24-,28-27-,31-30-,34-33-. The average Bonchev–Trinajstić information content (AvgIpc) is 3.37. The fraction of sp³-hybridized carbons (Fsp3) is 0.754. The van der Waals surface area contributed by atoms with Gasteiger partial charge in [0.1, 0.15) is 19.8 Å². The minimum absolute atomic E-state index is 0.0313. The highest BCUT2D eigenvalue weighted by molar-refractivity contribution is 7.47. The van der Waals surface area contributed by atoms with Gasteiger partial charge in [0.2, 0.25) is 0 Å². The van der Waals surface area contributed by atoms with Crippen LogP contribution in [0.4, 0.5) is 0 Å². The Hall–Kier alpha value is -2.81. The first-order valence-electron chi connectivity index (χ1n) is 30.8. The second-order valence-electron chi connectivity index (χ2n) is 21.7. The Morgan fingerprint density at radius 3 is 1.13 bits per heavy atom. The molecule has 0 aliphatic carbocycles. The van der Waals surface area contributed by atoms with E-state index in [9.17, 15) is 19.0 Å². The summed E-state index contributed by atoms with van der Waals surface area (Å²) in [6, 6.07) is 0. The summed E-state index contributed by atoms with van der Waals surface area (Å²) >= 11 is 0. The molecular formula is C65H117NO8P+. The maximum Gasteiger partial charge on any atom is 0.472 e. The number of hydrogen-bond acceptors (Lipinski definition) is 7. The van der Waals surface area contributed by atoms with Gasteiger partial charge in [-0.25, -0.2) is 4.57 Å². The van der Waals surface area contributed by atoms with E-state index in [1.54, 1.807) is 0 Å². The van der Waals surface area contributed by atoms with Crippen LogP contribution in [0, 0.1) is 0 Å². The van der Waals surface area contributed by atoms with Gasteiger partial charge in [-0.3, -0.25) is 18.6 Å². The third-order valence-electron chi connectivity index (χ3n) is 13.2. The van der Waals surface area contributed by atoms with Crippen LogP contribution < -0.4 is 0 Å². The van der Waals surface area contributed by atoms with Gasteiger partial charge < -0.3 is 18.9 Å². The number of quaternary nitrogens is 1. The quantitative estimate of drug-likeness (QED) is 0.0211. The van der Waals surface area contributed by atoms with Gasteiger partial charge in [-0.05, 0) is 70.6 Å². The summed E-state index contributed by atoms with van der Waals surface area (Å²) < 4.78 is 34.6. The summed E-state index contributed by atoms with van der Waals surface area (Å²) in [5.41, 5.74) is 0. The molecule has 0 amide bonds. The molecule has 0 aromatic heterocycles. The molecule has 0 aliphatic rings. The zero-order valence-electron chi connectivity index (χ0n) is 49.3. The van der Waals surface area contributed by atoms with Gasteiger partial charge in [-0.1, -0.05) is 266 Å². The summed E-state index contributed by atoms with van der Waals surface area (Å²) in [7, 11) is 1.48. The molecule has 9 nitrogen and oxygen atoms in total. The molecule has 2 atom stereocenters. The molecule has 0 aromatic carbocycles. The summed E-state index contributed by atoms with van der Waals surface area (Å²) in [4.78, 5) is 35.7. The molecule has 0 rings (SSSR count). The van der Waals surface area contributed by atoms with Crippen LogP contribution in [0.5, 0.6) is 0 Å². The monoisotopic (exact) mass is 1070 g/mol. The van der Waals surface area contributed by atoms with Crippen molar-refractivity contribution in [3.05, 3.63) is 85.1 Å². The highest BCUT2D eigenvalue weighted by atomic mass is 31.2. The zero-order valence-corrected chi connectivity index (χ0v) is 50.2. The summed E-state index contributed by atoms with van der Waals surface area (Å²) in [5, 5.41) is 0. The van der Waals surface area contributed by atoms with Crippen LogP contribution in [-0.4, -0.2) is 74.9 Å². The van der Waals surface area contributed by atoms with Crippen molar-refractivity contribution >= 4 is 19.8 Å². The lowest BCUT2D eigenvalue weighted by Crippen LogP contribution is -2.37. The number of carbonyl (C=O) groups is 2. The largest absolute Gasteiger partial charge is 0.472 e. The number of ether oxygens (including phenoxy) is 2. The zero-order chi connectivity index (χ0) is 54.9. The van der Waals surface area contributed by atoms with Crippen molar-refractivity contribution in [3.8, 4) is 0 Å². The molecule has 434 valence electrons. The number of hydrogen-bond donors (Lipinski definition) is 1. The van der Waals surface area contributed by atoms with E-state index in [4.69, 9.17) is 18.5 Å². The molecule has 0 fully saturated rings. The van der Waals surface area contributed by atoms with Crippen molar-refractivity contribution in [1.82, 2.24) is 0 Å². The van der Waals surface area contributed by atoms with Crippen molar-refractivity contribution in [2.45, 2.75) is 270 Å². The number of allylic oxidation sites excluding steroid dienone is 14. The van der Waals surface area contributed by atoms with Crippen molar-refractivity contribution in [2.24, 2.45) is 0 Å². The van der Waals surface area contributed by atoms with E-state index in [0.717, 1.165) is 77.0 Å². The number of phosphoric acid groups is 1. The van der Waals surface area contributed by atoms with E-state index < -0.39 is 26.5 Å². The smallest absolute Gasteiger partial charge is 0.462 e. The molecule has 0 bridgehead atoms. The van der Waals surface area contributed by atoms with Gasteiger partial charge >= 0.3 is 19.8 Å². The van der Waals surface area contributed by atoms with Crippen LogP contribution in [0.2, 0.25) is 0 Å². The van der Waals surface area contributed by atoms with Crippen LogP contribution >= 0.6 is 7.82 Å². The number of esters is 2. The minimum atomic E-state index is -4.38. The number of phosphoric ester groups is 1. The van der Waals surface area contributed by atoms with E-state index in [1.165, 1.54) is 154 Å². The van der Waals surface area contributed by atoms with Crippen LogP contribution in [0.25, 0.3) is 0 Å². The molecule has 2 unspecified atom stereocenters. The van der Waals surface area contributed by atoms with E-state index in [1.807, 2.05) is 21.1 Å². The second-order valence-corrected chi connectivity index (χ2v) is 23.2. The van der Waals surface area contributed by atoms with Gasteiger partial charge in [-0.2, -0.15) is 0 Å². The molecule has 10 heteroatoms. The number of rotatable bonds is 56. The fourth-order valence-electron chi connectivity index (χ4n) is 8.47. The second kappa shape index (κ2) is 55.9. The van der Waals surface area contributed by atoms with Gasteiger partial charge in [-0.15, -0.1) is 0 Å². The summed E-state index contributed by atoms with van der Waals surface area (Å²) in [5.74, 6) is -0.790. The number of carbonyl (C=O) groups excluding carboxylic acids is 2. The van der Waals surface area contributed by atoms with E-state index in [2.05, 4.69) is 98.9 Å². The van der Waals surface area contributed by atoms with Crippen molar-refractivity contribution in [1.29, 1.82) is 0 Å². The van der Waals surface area contributed by atoms with Gasteiger partial charge in [0, 0.05) is 12.8 Å². The van der Waals surface area contributed by atoms with E-state index >= 15 is 0 Å². The molecule has 0 aromatic rings. The van der Waals surface area contributed by atoms with E-state index in [-0.39, 0.29) is 25.6 Å².